The molecule has 0 saturated carbocycles. The molecular weight excluding hydrogens is 190 g/mol. The smallest absolute Gasteiger partial charge is 0.267 e. The number of likely N-dealkylation sites (N-methyl/N-ethyl adjacent to an activating group) is 1. The molecule has 1 amide bonds. The van der Waals surface area contributed by atoms with Crippen molar-refractivity contribution in [3.63, 3.8) is 0 Å². The van der Waals surface area contributed by atoms with Gasteiger partial charge >= 0.3 is 0 Å². The van der Waals surface area contributed by atoms with Gasteiger partial charge in [-0.1, -0.05) is 13.0 Å². The number of carbonyl (C=O) groups excluding carboxylic acids is 1. The molecule has 1 aliphatic heterocycles. The highest BCUT2D eigenvalue weighted by Crippen LogP contribution is 2.33. The Morgan fingerprint density at radius 3 is 2.87 bits per heavy atom. The fourth-order valence-electron chi connectivity index (χ4n) is 1.78. The number of hydrogen-bond acceptors (Lipinski definition) is 2. The van der Waals surface area contributed by atoms with Gasteiger partial charge in [0, 0.05) is 7.05 Å². The van der Waals surface area contributed by atoms with Gasteiger partial charge in [0.25, 0.3) is 5.91 Å². The Morgan fingerprint density at radius 2 is 2.20 bits per heavy atom. The Hall–Kier alpha value is -1.51. The van der Waals surface area contributed by atoms with Crippen LogP contribution in [0.3, 0.4) is 0 Å². The van der Waals surface area contributed by atoms with Crippen LogP contribution in [0, 0.1) is 0 Å². The van der Waals surface area contributed by atoms with Crippen LogP contribution in [0.4, 0.5) is 5.69 Å². The zero-order valence-electron chi connectivity index (χ0n) is 9.28. The van der Waals surface area contributed by atoms with Crippen LogP contribution in [0.15, 0.2) is 18.2 Å². The first-order valence-corrected chi connectivity index (χ1v) is 5.20. The van der Waals surface area contributed by atoms with Crippen LogP contribution >= 0.6 is 0 Å². The molecule has 0 radical (unpaired) electrons. The van der Waals surface area contributed by atoms with Crippen molar-refractivity contribution < 1.29 is 9.53 Å². The summed E-state index contributed by atoms with van der Waals surface area (Å²) < 4.78 is 5.52. The van der Waals surface area contributed by atoms with E-state index in [0.29, 0.717) is 0 Å². The predicted octanol–water partition coefficient (Wildman–Crippen LogP) is 1.99. The Balaban J connectivity index is 2.47. The summed E-state index contributed by atoms with van der Waals surface area (Å²) in [6, 6.07) is 5.99. The van der Waals surface area contributed by atoms with Gasteiger partial charge in [-0.3, -0.25) is 4.79 Å². The third-order valence-electron chi connectivity index (χ3n) is 2.78. The Labute approximate surface area is 89.7 Å². The van der Waals surface area contributed by atoms with E-state index in [4.69, 9.17) is 4.74 Å². The van der Waals surface area contributed by atoms with E-state index < -0.39 is 0 Å². The van der Waals surface area contributed by atoms with Gasteiger partial charge in [-0.25, -0.2) is 0 Å². The highest BCUT2D eigenvalue weighted by molar-refractivity contribution is 5.99. The van der Waals surface area contributed by atoms with Crippen molar-refractivity contribution in [1.29, 1.82) is 0 Å². The van der Waals surface area contributed by atoms with E-state index in [9.17, 15) is 4.79 Å². The molecule has 1 aromatic carbocycles. The minimum Gasteiger partial charge on any atom is -0.479 e. The zero-order chi connectivity index (χ0) is 11.0. The monoisotopic (exact) mass is 205 g/mol. The lowest BCUT2D eigenvalue weighted by Crippen LogP contribution is -2.41. The Morgan fingerprint density at radius 1 is 1.47 bits per heavy atom. The molecule has 0 spiro atoms. The van der Waals surface area contributed by atoms with Gasteiger partial charge in [-0.15, -0.1) is 0 Å². The van der Waals surface area contributed by atoms with E-state index in [2.05, 4.69) is 6.92 Å². The number of hydrogen-bond donors (Lipinski definition) is 0. The number of fused-ring (bicyclic) bond motifs is 1. The van der Waals surface area contributed by atoms with E-state index in [1.165, 1.54) is 5.56 Å². The minimum atomic E-state index is -0.380. The first kappa shape index (κ1) is 10.0. The van der Waals surface area contributed by atoms with Gasteiger partial charge in [-0.2, -0.15) is 0 Å². The second kappa shape index (κ2) is 3.57. The molecule has 80 valence electrons. The normalized spacial score (nSPS) is 19.8. The van der Waals surface area contributed by atoms with Gasteiger partial charge in [-0.05, 0) is 31.0 Å². The topological polar surface area (TPSA) is 29.5 Å². The third kappa shape index (κ3) is 1.58. The number of carbonyl (C=O) groups is 1. The van der Waals surface area contributed by atoms with E-state index in [-0.39, 0.29) is 12.0 Å². The number of amides is 1. The molecule has 1 aromatic rings. The van der Waals surface area contributed by atoms with E-state index >= 15 is 0 Å². The highest BCUT2D eigenvalue weighted by Gasteiger charge is 2.28. The number of ether oxygens (including phenoxy) is 1. The zero-order valence-corrected chi connectivity index (χ0v) is 9.28. The lowest BCUT2D eigenvalue weighted by atomic mass is 10.1. The van der Waals surface area contributed by atoms with E-state index in [1.807, 2.05) is 18.2 Å². The maximum atomic E-state index is 11.7. The number of benzene rings is 1. The van der Waals surface area contributed by atoms with Crippen molar-refractivity contribution in [1.82, 2.24) is 0 Å². The summed E-state index contributed by atoms with van der Waals surface area (Å²) in [6.07, 6.45) is 0.584. The molecule has 15 heavy (non-hydrogen) atoms. The molecular formula is C12H15NO2. The number of nitrogens with zero attached hydrogens (tertiary/aromatic N) is 1. The standard InChI is InChI=1S/C12H15NO2/c1-4-9-5-6-11-10(7-9)13(3)12(14)8(2)15-11/h5-8H,4H2,1-3H3. The van der Waals surface area contributed by atoms with Crippen LogP contribution in [0.2, 0.25) is 0 Å². The first-order valence-electron chi connectivity index (χ1n) is 5.20. The summed E-state index contributed by atoms with van der Waals surface area (Å²) in [4.78, 5) is 13.4. The third-order valence-corrected chi connectivity index (χ3v) is 2.78. The van der Waals surface area contributed by atoms with Gasteiger partial charge in [0.15, 0.2) is 6.10 Å². The average Bonchev–Trinajstić information content (AvgIpc) is 2.26. The molecule has 1 unspecified atom stereocenters. The molecule has 1 aliphatic rings. The minimum absolute atomic E-state index is 0.00996. The maximum Gasteiger partial charge on any atom is 0.267 e. The largest absolute Gasteiger partial charge is 0.479 e. The van der Waals surface area contributed by atoms with Crippen molar-refractivity contribution in [2.75, 3.05) is 11.9 Å². The second-order valence-electron chi connectivity index (χ2n) is 3.81. The summed E-state index contributed by atoms with van der Waals surface area (Å²) in [5.41, 5.74) is 2.09. The van der Waals surface area contributed by atoms with Gasteiger partial charge in [0.1, 0.15) is 5.75 Å². The fourth-order valence-corrected chi connectivity index (χ4v) is 1.78. The Bertz CT molecular complexity index is 401. The maximum absolute atomic E-state index is 11.7. The molecule has 0 fully saturated rings. The summed E-state index contributed by atoms with van der Waals surface area (Å²) in [6.45, 7) is 3.87. The van der Waals surface area contributed by atoms with Gasteiger partial charge in [0.05, 0.1) is 5.69 Å². The van der Waals surface area contributed by atoms with Crippen LogP contribution in [0.5, 0.6) is 5.75 Å². The molecule has 0 bridgehead atoms. The molecule has 1 atom stereocenters. The van der Waals surface area contributed by atoms with Crippen LogP contribution in [0.1, 0.15) is 19.4 Å². The molecule has 0 N–H and O–H groups in total. The summed E-state index contributed by atoms with van der Waals surface area (Å²) in [5.74, 6) is 0.803. The number of rotatable bonds is 1. The number of aryl methyl sites for hydroxylation is 1. The van der Waals surface area contributed by atoms with Crippen LogP contribution in [0.25, 0.3) is 0 Å². The average molecular weight is 205 g/mol. The Kier molecular flexibility index (Phi) is 2.39. The number of anilines is 1. The van der Waals surface area contributed by atoms with Crippen molar-refractivity contribution in [3.05, 3.63) is 23.8 Å². The molecule has 0 saturated heterocycles. The van der Waals surface area contributed by atoms with Crippen LogP contribution < -0.4 is 9.64 Å². The summed E-state index contributed by atoms with van der Waals surface area (Å²) in [5, 5.41) is 0. The van der Waals surface area contributed by atoms with Crippen molar-refractivity contribution >= 4 is 11.6 Å². The van der Waals surface area contributed by atoms with Gasteiger partial charge < -0.3 is 9.64 Å². The lowest BCUT2D eigenvalue weighted by molar-refractivity contribution is -0.125. The molecule has 3 nitrogen and oxygen atoms in total. The van der Waals surface area contributed by atoms with E-state index in [0.717, 1.165) is 17.9 Å². The molecule has 0 aromatic heterocycles. The SMILES string of the molecule is CCc1ccc2c(c1)N(C)C(=O)C(C)O2. The molecule has 0 aliphatic carbocycles. The fraction of sp³-hybridized carbons (Fsp3) is 0.417. The lowest BCUT2D eigenvalue weighted by Gasteiger charge is -2.30. The highest BCUT2D eigenvalue weighted by atomic mass is 16.5. The second-order valence-corrected chi connectivity index (χ2v) is 3.81. The summed E-state index contributed by atoms with van der Waals surface area (Å²) >= 11 is 0. The molecule has 2 rings (SSSR count). The van der Waals surface area contributed by atoms with Crippen molar-refractivity contribution in [3.8, 4) is 5.75 Å². The molecule has 1 heterocycles. The van der Waals surface area contributed by atoms with Crippen molar-refractivity contribution in [2.45, 2.75) is 26.4 Å². The van der Waals surface area contributed by atoms with Crippen LogP contribution in [-0.2, 0) is 11.2 Å². The van der Waals surface area contributed by atoms with Gasteiger partial charge in [0.2, 0.25) is 0 Å². The molecule has 3 heteroatoms. The predicted molar refractivity (Wildman–Crippen MR) is 59.3 cm³/mol. The first-order chi connectivity index (χ1) is 7.13. The quantitative estimate of drug-likeness (QED) is 0.701. The summed E-state index contributed by atoms with van der Waals surface area (Å²) in [7, 11) is 1.79. The van der Waals surface area contributed by atoms with E-state index in [1.54, 1.807) is 18.9 Å². The van der Waals surface area contributed by atoms with Crippen LogP contribution in [-0.4, -0.2) is 19.1 Å². The van der Waals surface area contributed by atoms with Crippen molar-refractivity contribution in [2.24, 2.45) is 0 Å².